The molecule has 4 heterocycles. The molecular weight excluding hydrogens is 595 g/mol. The second kappa shape index (κ2) is 11.4. The van der Waals surface area contributed by atoms with Crippen LogP contribution in [0.1, 0.15) is 0 Å². The van der Waals surface area contributed by atoms with Gasteiger partial charge in [-0.05, 0) is 40.8 Å². The highest BCUT2D eigenvalue weighted by Gasteiger charge is 2.16. The average Bonchev–Trinajstić information content (AvgIpc) is 3.53. The highest BCUT2D eigenvalue weighted by Crippen LogP contribution is 2.40. The van der Waals surface area contributed by atoms with Crippen LogP contribution in [0, 0.1) is 0 Å². The van der Waals surface area contributed by atoms with Crippen molar-refractivity contribution in [2.45, 2.75) is 0 Å². The van der Waals surface area contributed by atoms with Crippen molar-refractivity contribution in [3.63, 3.8) is 0 Å². The fraction of sp³-hybridized carbons (Fsp3) is 0. The van der Waals surface area contributed by atoms with E-state index in [1.54, 1.807) is 11.3 Å². The molecule has 0 aliphatic carbocycles. The molecule has 220 valence electrons. The number of rotatable bonds is 5. The summed E-state index contributed by atoms with van der Waals surface area (Å²) in [6.45, 7) is 0. The Morgan fingerprint density at radius 3 is 1.68 bits per heavy atom. The lowest BCUT2D eigenvalue weighted by molar-refractivity contribution is 1.07. The van der Waals surface area contributed by atoms with Gasteiger partial charge in [-0.2, -0.15) is 0 Å². The molecule has 0 aliphatic heterocycles. The molecule has 4 aromatic heterocycles. The minimum Gasteiger partial charge on any atom is -0.254 e. The van der Waals surface area contributed by atoms with E-state index >= 15 is 0 Å². The molecule has 0 aliphatic rings. The van der Waals surface area contributed by atoms with Crippen molar-refractivity contribution in [3.8, 4) is 56.7 Å². The maximum absolute atomic E-state index is 5.19. The summed E-state index contributed by atoms with van der Waals surface area (Å²) in [6.07, 6.45) is 1.92. The molecule has 0 saturated carbocycles. The van der Waals surface area contributed by atoms with Crippen LogP contribution in [0.5, 0.6) is 0 Å². The van der Waals surface area contributed by atoms with Gasteiger partial charge in [-0.15, -0.1) is 11.3 Å². The number of pyridine rings is 2. The summed E-state index contributed by atoms with van der Waals surface area (Å²) in [5, 5.41) is 3.43. The topological polar surface area (TPSA) is 64.5 Å². The highest BCUT2D eigenvalue weighted by molar-refractivity contribution is 7.25. The maximum Gasteiger partial charge on any atom is 0.164 e. The number of aromatic nitrogens is 5. The van der Waals surface area contributed by atoms with Crippen LogP contribution >= 0.6 is 11.3 Å². The third-order valence-corrected chi connectivity index (χ3v) is 9.50. The summed E-state index contributed by atoms with van der Waals surface area (Å²) in [6, 6.07) is 49.7. The Bertz CT molecular complexity index is 2500. The molecule has 0 bridgehead atoms. The van der Waals surface area contributed by atoms with E-state index < -0.39 is 0 Å². The number of fused-ring (bicyclic) bond motifs is 4. The van der Waals surface area contributed by atoms with E-state index in [1.165, 1.54) is 4.70 Å². The number of hydrogen-bond donors (Lipinski definition) is 0. The Balaban J connectivity index is 1.13. The quantitative estimate of drug-likeness (QED) is 0.192. The zero-order valence-electron chi connectivity index (χ0n) is 25.1. The molecule has 0 saturated heterocycles. The molecule has 0 spiro atoms. The van der Waals surface area contributed by atoms with E-state index in [1.807, 2.05) is 72.9 Å². The molecule has 0 amide bonds. The molecule has 5 aromatic carbocycles. The number of benzene rings is 5. The van der Waals surface area contributed by atoms with Gasteiger partial charge in [0.15, 0.2) is 17.5 Å². The monoisotopic (exact) mass is 619 g/mol. The van der Waals surface area contributed by atoms with E-state index in [-0.39, 0.29) is 0 Å². The second-order valence-electron chi connectivity index (χ2n) is 11.4. The molecule has 47 heavy (non-hydrogen) atoms. The minimum atomic E-state index is 0.637. The van der Waals surface area contributed by atoms with Gasteiger partial charge >= 0.3 is 0 Å². The summed E-state index contributed by atoms with van der Waals surface area (Å²) in [5.74, 6) is 1.93. The van der Waals surface area contributed by atoms with Crippen molar-refractivity contribution in [1.29, 1.82) is 0 Å². The SMILES string of the molecule is c1ccc(-c2nc(-c3ccccc3)nc(-c3ccc(-c4cccc5sc6ccc(-c7cc8ccccc8cn7)nc6c45)cc3)n2)cc1. The maximum atomic E-state index is 5.19. The number of thiophene rings is 1. The van der Waals surface area contributed by atoms with Crippen LogP contribution in [0.3, 0.4) is 0 Å². The van der Waals surface area contributed by atoms with Crippen LogP contribution < -0.4 is 0 Å². The molecule has 0 fully saturated rings. The predicted molar refractivity (Wildman–Crippen MR) is 193 cm³/mol. The highest BCUT2D eigenvalue weighted by atomic mass is 32.1. The molecule has 0 N–H and O–H groups in total. The standard InChI is InChI=1S/C41H25N5S/c1-3-10-27(11-4-1)39-44-40(28-12-5-2-6-13-28)46-41(45-39)29-20-18-26(19-21-29)32-16-9-17-35-37(32)38-36(47-35)23-22-33(43-38)34-24-30-14-7-8-15-31(30)25-42-34/h1-25H. The smallest absolute Gasteiger partial charge is 0.164 e. The van der Waals surface area contributed by atoms with E-state index in [9.17, 15) is 0 Å². The lowest BCUT2D eigenvalue weighted by Crippen LogP contribution is -2.00. The lowest BCUT2D eigenvalue weighted by Gasteiger charge is -2.10. The molecule has 0 atom stereocenters. The summed E-state index contributed by atoms with van der Waals surface area (Å²) in [7, 11) is 0. The number of nitrogens with zero attached hydrogens (tertiary/aromatic N) is 5. The van der Waals surface area contributed by atoms with E-state index in [4.69, 9.17) is 24.9 Å². The fourth-order valence-corrected chi connectivity index (χ4v) is 7.10. The first-order valence-corrected chi connectivity index (χ1v) is 16.2. The average molecular weight is 620 g/mol. The number of hydrogen-bond acceptors (Lipinski definition) is 6. The van der Waals surface area contributed by atoms with Crippen molar-refractivity contribution in [2.24, 2.45) is 0 Å². The van der Waals surface area contributed by atoms with Gasteiger partial charge in [-0.1, -0.05) is 121 Å². The van der Waals surface area contributed by atoms with Crippen LogP contribution in [-0.4, -0.2) is 24.9 Å². The lowest BCUT2D eigenvalue weighted by atomic mass is 9.99. The Morgan fingerprint density at radius 1 is 0.404 bits per heavy atom. The third-order valence-electron chi connectivity index (χ3n) is 8.39. The van der Waals surface area contributed by atoms with Crippen LogP contribution in [0.25, 0.3) is 87.8 Å². The van der Waals surface area contributed by atoms with Crippen molar-refractivity contribution < 1.29 is 0 Å². The van der Waals surface area contributed by atoms with Crippen LogP contribution in [-0.2, 0) is 0 Å². The fourth-order valence-electron chi connectivity index (χ4n) is 6.03. The van der Waals surface area contributed by atoms with E-state index in [0.29, 0.717) is 17.5 Å². The van der Waals surface area contributed by atoms with Gasteiger partial charge in [-0.25, -0.2) is 19.9 Å². The first-order chi connectivity index (χ1) is 23.3. The summed E-state index contributed by atoms with van der Waals surface area (Å²) < 4.78 is 2.36. The van der Waals surface area contributed by atoms with Gasteiger partial charge in [0, 0.05) is 38.4 Å². The van der Waals surface area contributed by atoms with Gasteiger partial charge < -0.3 is 0 Å². The first kappa shape index (κ1) is 27.2. The van der Waals surface area contributed by atoms with Gasteiger partial charge in [0.25, 0.3) is 0 Å². The van der Waals surface area contributed by atoms with E-state index in [0.717, 1.165) is 65.6 Å². The minimum absolute atomic E-state index is 0.637. The summed E-state index contributed by atoms with van der Waals surface area (Å²) >= 11 is 1.77. The van der Waals surface area contributed by atoms with Crippen molar-refractivity contribution in [2.75, 3.05) is 0 Å². The Labute approximate surface area is 275 Å². The summed E-state index contributed by atoms with van der Waals surface area (Å²) in [5.41, 5.74) is 7.81. The van der Waals surface area contributed by atoms with Crippen molar-refractivity contribution >= 4 is 42.4 Å². The van der Waals surface area contributed by atoms with E-state index in [2.05, 4.69) is 78.9 Å². The van der Waals surface area contributed by atoms with Crippen LogP contribution in [0.2, 0.25) is 0 Å². The van der Waals surface area contributed by atoms with Crippen molar-refractivity contribution in [1.82, 2.24) is 24.9 Å². The molecule has 9 rings (SSSR count). The third kappa shape index (κ3) is 5.01. The zero-order chi connectivity index (χ0) is 31.2. The molecule has 0 unspecified atom stereocenters. The van der Waals surface area contributed by atoms with Gasteiger partial charge in [0.1, 0.15) is 0 Å². The molecular formula is C41H25N5S. The molecule has 6 heteroatoms. The Morgan fingerprint density at radius 2 is 1.00 bits per heavy atom. The second-order valence-corrected chi connectivity index (χ2v) is 12.4. The van der Waals surface area contributed by atoms with Crippen LogP contribution in [0.15, 0.2) is 152 Å². The largest absolute Gasteiger partial charge is 0.254 e. The van der Waals surface area contributed by atoms with Gasteiger partial charge in [0.05, 0.1) is 21.6 Å². The first-order valence-electron chi connectivity index (χ1n) is 15.4. The Hall–Kier alpha value is -6.11. The molecule has 0 radical (unpaired) electrons. The normalized spacial score (nSPS) is 11.4. The van der Waals surface area contributed by atoms with Crippen LogP contribution in [0.4, 0.5) is 0 Å². The summed E-state index contributed by atoms with van der Waals surface area (Å²) in [4.78, 5) is 24.6. The Kier molecular flexibility index (Phi) is 6.58. The molecule has 9 aromatic rings. The zero-order valence-corrected chi connectivity index (χ0v) is 25.9. The van der Waals surface area contributed by atoms with Gasteiger partial charge in [-0.3, -0.25) is 4.98 Å². The predicted octanol–water partition coefficient (Wildman–Crippen LogP) is 10.5. The van der Waals surface area contributed by atoms with Gasteiger partial charge in [0.2, 0.25) is 0 Å². The molecule has 5 nitrogen and oxygen atoms in total. The van der Waals surface area contributed by atoms with Crippen molar-refractivity contribution in [3.05, 3.63) is 152 Å².